The van der Waals surface area contributed by atoms with E-state index in [4.69, 9.17) is 0 Å². The molecule has 0 spiro atoms. The van der Waals surface area contributed by atoms with Gasteiger partial charge in [0, 0.05) is 74.5 Å². The van der Waals surface area contributed by atoms with E-state index >= 15 is 0 Å². The van der Waals surface area contributed by atoms with Crippen LogP contribution in [0.1, 0.15) is 5.56 Å². The maximum absolute atomic E-state index is 3.08. The monoisotopic (exact) mass is 896 g/mol. The number of hydrogen-bond acceptors (Lipinski definition) is 4. The number of thiophene rings is 2. The summed E-state index contributed by atoms with van der Waals surface area (Å²) in [5.74, 6) is 0. The van der Waals surface area contributed by atoms with Crippen molar-refractivity contribution in [2.24, 2.45) is 0 Å². The second kappa shape index (κ2) is 16.8. The molecule has 0 unspecified atom stereocenters. The molecular formula is C61H44N2S2Si. The number of rotatable bonds is 10. The first kappa shape index (κ1) is 40.0. The highest BCUT2D eigenvalue weighted by Gasteiger charge is 2.43. The zero-order chi connectivity index (χ0) is 44.0. The summed E-state index contributed by atoms with van der Waals surface area (Å²) in [6.45, 7) is 2.35. The van der Waals surface area contributed by atoms with Crippen LogP contribution in [0.3, 0.4) is 0 Å². The molecular weight excluding hydrogens is 853 g/mol. The summed E-state index contributed by atoms with van der Waals surface area (Å²) >= 11 is 3.73. The molecule has 10 aromatic carbocycles. The lowest BCUT2D eigenvalue weighted by molar-refractivity contribution is 1.26. The van der Waals surface area contributed by atoms with E-state index in [-0.39, 0.29) is 0 Å². The van der Waals surface area contributed by atoms with Gasteiger partial charge in [0.25, 0.3) is 0 Å². The zero-order valence-corrected chi connectivity index (χ0v) is 39.0. The van der Waals surface area contributed by atoms with Crippen LogP contribution in [0.5, 0.6) is 0 Å². The Morgan fingerprint density at radius 3 is 1.27 bits per heavy atom. The predicted molar refractivity (Wildman–Crippen MR) is 290 cm³/mol. The highest BCUT2D eigenvalue weighted by molar-refractivity contribution is 7.26. The van der Waals surface area contributed by atoms with E-state index in [2.05, 4.69) is 265 Å². The summed E-state index contributed by atoms with van der Waals surface area (Å²) in [7, 11) is -3.08. The lowest BCUT2D eigenvalue weighted by atomic mass is 10.1. The van der Waals surface area contributed by atoms with Crippen LogP contribution in [0.15, 0.2) is 249 Å². The van der Waals surface area contributed by atoms with Crippen molar-refractivity contribution in [1.82, 2.24) is 0 Å². The molecule has 2 nitrogen and oxygen atoms in total. The quantitative estimate of drug-likeness (QED) is 0.0997. The molecule has 0 aliphatic rings. The topological polar surface area (TPSA) is 6.48 Å². The maximum Gasteiger partial charge on any atom is 0.180 e. The van der Waals surface area contributed by atoms with Gasteiger partial charge >= 0.3 is 0 Å². The number of hydrogen-bond donors (Lipinski definition) is 0. The minimum atomic E-state index is -3.08. The molecule has 0 N–H and O–H groups in total. The second-order valence-corrected chi connectivity index (χ2v) is 22.8. The number of para-hydroxylation sites is 2. The average molecular weight is 897 g/mol. The van der Waals surface area contributed by atoms with Gasteiger partial charge in [0.15, 0.2) is 8.07 Å². The van der Waals surface area contributed by atoms with Gasteiger partial charge in [-0.25, -0.2) is 0 Å². The minimum Gasteiger partial charge on any atom is -0.310 e. The molecule has 5 heteroatoms. The van der Waals surface area contributed by atoms with Gasteiger partial charge in [-0.05, 0) is 112 Å². The van der Waals surface area contributed by atoms with Crippen LogP contribution < -0.4 is 30.5 Å². The van der Waals surface area contributed by atoms with E-state index in [9.17, 15) is 0 Å². The van der Waals surface area contributed by atoms with Crippen LogP contribution in [0, 0.1) is 6.92 Å². The molecule has 2 aromatic heterocycles. The van der Waals surface area contributed by atoms with Crippen LogP contribution >= 0.6 is 22.7 Å². The largest absolute Gasteiger partial charge is 0.310 e. The number of benzene rings is 10. The SMILES string of the molecule is Cc1c(N(c2ccccc2)c2ccc3c(c2)sc2ccccc23)cccc1[Si](c1ccccc1)(c1ccccc1)c1cccc(N(c2ccccc2)c2ccc3c(c2)sc2ccccc23)c1. The Bertz CT molecular complexity index is 3640. The summed E-state index contributed by atoms with van der Waals surface area (Å²) in [6.07, 6.45) is 0. The van der Waals surface area contributed by atoms with Crippen LogP contribution in [-0.4, -0.2) is 8.07 Å². The molecule has 0 aliphatic carbocycles. The van der Waals surface area contributed by atoms with Crippen molar-refractivity contribution in [3.05, 3.63) is 254 Å². The smallest absolute Gasteiger partial charge is 0.180 e. The molecule has 0 aliphatic heterocycles. The van der Waals surface area contributed by atoms with E-state index in [0.29, 0.717) is 0 Å². The highest BCUT2D eigenvalue weighted by Crippen LogP contribution is 2.43. The molecule has 0 amide bonds. The van der Waals surface area contributed by atoms with Crippen LogP contribution in [0.2, 0.25) is 0 Å². The third-order valence-electron chi connectivity index (χ3n) is 13.2. The number of fused-ring (bicyclic) bond motifs is 6. The molecule has 66 heavy (non-hydrogen) atoms. The lowest BCUT2D eigenvalue weighted by Gasteiger charge is -2.38. The molecule has 0 radical (unpaired) electrons. The van der Waals surface area contributed by atoms with Gasteiger partial charge in [0.05, 0.1) is 0 Å². The van der Waals surface area contributed by atoms with Crippen molar-refractivity contribution in [3.63, 3.8) is 0 Å². The van der Waals surface area contributed by atoms with E-state index in [1.54, 1.807) is 0 Å². The van der Waals surface area contributed by atoms with Crippen molar-refractivity contribution >= 4 is 126 Å². The van der Waals surface area contributed by atoms with E-state index < -0.39 is 8.07 Å². The third-order valence-corrected chi connectivity index (χ3v) is 20.4. The summed E-state index contributed by atoms with van der Waals surface area (Å²) in [5.41, 5.74) is 8.08. The lowest BCUT2D eigenvalue weighted by Crippen LogP contribution is -2.75. The Labute approximate surface area is 394 Å². The summed E-state index contributed by atoms with van der Waals surface area (Å²) in [5, 5.41) is 10.6. The van der Waals surface area contributed by atoms with E-state index in [1.165, 1.54) is 72.3 Å². The summed E-state index contributed by atoms with van der Waals surface area (Å²) < 4.78 is 5.18. The first-order chi connectivity index (χ1) is 32.6. The van der Waals surface area contributed by atoms with Gasteiger partial charge < -0.3 is 9.80 Å². The third kappa shape index (κ3) is 6.74. The standard InChI is InChI=1S/C61H44N2S2Si/c1-43-56(63(45-22-8-3-9-23-45)48-37-39-55-53-31-15-17-34-58(53)65-60(55)42-48)32-19-35-61(43)66(49-25-10-4-11-26-49,50-27-12-5-13-28-50)51-29-18-24-46(40-51)62(44-20-6-2-7-21-44)47-36-38-54-52-30-14-16-33-57(52)64-59(54)41-47/h2-42H,1H3. The van der Waals surface area contributed by atoms with Gasteiger partial charge in [-0.15, -0.1) is 22.7 Å². The molecule has 12 rings (SSSR count). The Morgan fingerprint density at radius 1 is 0.303 bits per heavy atom. The van der Waals surface area contributed by atoms with Crippen LogP contribution in [-0.2, 0) is 0 Å². The van der Waals surface area contributed by atoms with Gasteiger partial charge in [-0.1, -0.05) is 170 Å². The first-order valence-electron chi connectivity index (χ1n) is 22.5. The molecule has 0 fully saturated rings. The normalized spacial score (nSPS) is 11.7. The molecule has 2 heterocycles. The van der Waals surface area contributed by atoms with Crippen LogP contribution in [0.25, 0.3) is 40.3 Å². The summed E-state index contributed by atoms with van der Waals surface area (Å²) in [6, 6.07) is 92.3. The van der Waals surface area contributed by atoms with Crippen molar-refractivity contribution < 1.29 is 0 Å². The Morgan fingerprint density at radius 2 is 0.712 bits per heavy atom. The maximum atomic E-state index is 2.49. The molecule has 0 atom stereocenters. The van der Waals surface area contributed by atoms with Gasteiger partial charge in [0.1, 0.15) is 0 Å². The number of nitrogens with zero attached hydrogens (tertiary/aromatic N) is 2. The molecule has 0 saturated carbocycles. The Hall–Kier alpha value is -7.54. The van der Waals surface area contributed by atoms with Crippen molar-refractivity contribution in [1.29, 1.82) is 0 Å². The second-order valence-electron chi connectivity index (χ2n) is 16.9. The molecule has 0 saturated heterocycles. The average Bonchev–Trinajstić information content (AvgIpc) is 3.95. The van der Waals surface area contributed by atoms with Crippen LogP contribution in [0.4, 0.5) is 34.1 Å². The minimum absolute atomic E-state index is 1.12. The highest BCUT2D eigenvalue weighted by atomic mass is 32.1. The molecule has 0 bridgehead atoms. The van der Waals surface area contributed by atoms with E-state index in [0.717, 1.165) is 28.4 Å². The molecule has 314 valence electrons. The van der Waals surface area contributed by atoms with Crippen molar-refractivity contribution in [2.45, 2.75) is 6.92 Å². The van der Waals surface area contributed by atoms with Gasteiger partial charge in [-0.3, -0.25) is 0 Å². The molecule has 12 aromatic rings. The fourth-order valence-electron chi connectivity index (χ4n) is 10.2. The zero-order valence-electron chi connectivity index (χ0n) is 36.4. The van der Waals surface area contributed by atoms with Crippen molar-refractivity contribution in [2.75, 3.05) is 9.80 Å². The fourth-order valence-corrected chi connectivity index (χ4v) is 17.6. The van der Waals surface area contributed by atoms with E-state index in [1.807, 2.05) is 22.7 Å². The predicted octanol–water partition coefficient (Wildman–Crippen LogP) is 15.0. The van der Waals surface area contributed by atoms with Gasteiger partial charge in [0.2, 0.25) is 0 Å². The first-order valence-corrected chi connectivity index (χ1v) is 26.1. The van der Waals surface area contributed by atoms with Crippen molar-refractivity contribution in [3.8, 4) is 0 Å². The number of anilines is 6. The van der Waals surface area contributed by atoms with Gasteiger partial charge in [-0.2, -0.15) is 0 Å². The summed E-state index contributed by atoms with van der Waals surface area (Å²) in [4.78, 5) is 4.91. The Balaban J connectivity index is 1.09. The fraction of sp³-hybridized carbons (Fsp3) is 0.0164. The Kier molecular flexibility index (Phi) is 10.2.